The highest BCUT2D eigenvalue weighted by Gasteiger charge is 2.53. The molecule has 140 valence electrons. The SMILES string of the molecule is O=C1N[C@]2(CCCCc3ccccc32)C(=O)N1CCOc1ccccc1F. The van der Waals surface area contributed by atoms with E-state index in [0.717, 1.165) is 30.4 Å². The van der Waals surface area contributed by atoms with E-state index in [2.05, 4.69) is 5.32 Å². The number of hydrogen-bond donors (Lipinski definition) is 1. The van der Waals surface area contributed by atoms with Crippen LogP contribution in [0.15, 0.2) is 48.5 Å². The van der Waals surface area contributed by atoms with Gasteiger partial charge in [0.05, 0.1) is 6.54 Å². The summed E-state index contributed by atoms with van der Waals surface area (Å²) < 4.78 is 19.1. The average molecular weight is 368 g/mol. The van der Waals surface area contributed by atoms with E-state index in [9.17, 15) is 14.0 Å². The fourth-order valence-corrected chi connectivity index (χ4v) is 3.98. The number of nitrogens with one attached hydrogen (secondary N) is 1. The van der Waals surface area contributed by atoms with Gasteiger partial charge in [-0.1, -0.05) is 36.4 Å². The number of fused-ring (bicyclic) bond motifs is 2. The molecule has 1 heterocycles. The predicted molar refractivity (Wildman–Crippen MR) is 97.8 cm³/mol. The third-order valence-electron chi connectivity index (χ3n) is 5.31. The molecule has 1 spiro atoms. The van der Waals surface area contributed by atoms with Crippen molar-refractivity contribution >= 4 is 11.9 Å². The number of rotatable bonds is 4. The van der Waals surface area contributed by atoms with Gasteiger partial charge in [0.25, 0.3) is 5.91 Å². The third kappa shape index (κ3) is 3.05. The van der Waals surface area contributed by atoms with E-state index in [0.29, 0.717) is 6.42 Å². The summed E-state index contributed by atoms with van der Waals surface area (Å²) in [5.74, 6) is -0.609. The molecule has 4 rings (SSSR count). The van der Waals surface area contributed by atoms with Gasteiger partial charge < -0.3 is 10.1 Å². The number of para-hydroxylation sites is 1. The first-order chi connectivity index (χ1) is 13.1. The second-order valence-corrected chi connectivity index (χ2v) is 6.94. The van der Waals surface area contributed by atoms with Crippen molar-refractivity contribution in [2.24, 2.45) is 0 Å². The van der Waals surface area contributed by atoms with E-state index in [4.69, 9.17) is 4.74 Å². The number of hydrogen-bond acceptors (Lipinski definition) is 3. The molecular formula is C21H21FN2O3. The van der Waals surface area contributed by atoms with Gasteiger partial charge in [0.2, 0.25) is 0 Å². The van der Waals surface area contributed by atoms with Crippen LogP contribution in [-0.4, -0.2) is 30.0 Å². The van der Waals surface area contributed by atoms with Gasteiger partial charge in [-0.15, -0.1) is 0 Å². The van der Waals surface area contributed by atoms with Crippen LogP contribution in [0.4, 0.5) is 9.18 Å². The Morgan fingerprint density at radius 2 is 1.85 bits per heavy atom. The lowest BCUT2D eigenvalue weighted by Crippen LogP contribution is -2.44. The lowest BCUT2D eigenvalue weighted by molar-refractivity contribution is -0.132. The van der Waals surface area contributed by atoms with Crippen LogP contribution < -0.4 is 10.1 Å². The number of carbonyl (C=O) groups is 2. The fourth-order valence-electron chi connectivity index (χ4n) is 3.98. The topological polar surface area (TPSA) is 58.6 Å². The number of aryl methyl sites for hydroxylation is 1. The molecule has 0 aromatic heterocycles. The third-order valence-corrected chi connectivity index (χ3v) is 5.31. The molecule has 1 atom stereocenters. The molecule has 2 aliphatic rings. The summed E-state index contributed by atoms with van der Waals surface area (Å²) in [7, 11) is 0. The lowest BCUT2D eigenvalue weighted by atomic mass is 9.84. The fraction of sp³-hybridized carbons (Fsp3) is 0.333. The zero-order chi connectivity index (χ0) is 18.9. The van der Waals surface area contributed by atoms with Crippen LogP contribution in [0, 0.1) is 5.82 Å². The quantitative estimate of drug-likeness (QED) is 0.842. The Morgan fingerprint density at radius 1 is 1.07 bits per heavy atom. The zero-order valence-corrected chi connectivity index (χ0v) is 14.9. The van der Waals surface area contributed by atoms with Crippen molar-refractivity contribution in [1.29, 1.82) is 0 Å². The van der Waals surface area contributed by atoms with Gasteiger partial charge in [-0.3, -0.25) is 9.69 Å². The van der Waals surface area contributed by atoms with Gasteiger partial charge in [0.1, 0.15) is 12.1 Å². The van der Waals surface area contributed by atoms with Crippen molar-refractivity contribution in [3.63, 3.8) is 0 Å². The minimum Gasteiger partial charge on any atom is -0.489 e. The summed E-state index contributed by atoms with van der Waals surface area (Å²) in [6, 6.07) is 13.5. The van der Waals surface area contributed by atoms with Crippen LogP contribution >= 0.6 is 0 Å². The second-order valence-electron chi connectivity index (χ2n) is 6.94. The predicted octanol–water partition coefficient (Wildman–Crippen LogP) is 3.38. The highest BCUT2D eigenvalue weighted by molar-refractivity contribution is 6.07. The number of nitrogens with zero attached hydrogens (tertiary/aromatic N) is 1. The second kappa shape index (κ2) is 7.02. The molecule has 0 saturated carbocycles. The van der Waals surface area contributed by atoms with Crippen molar-refractivity contribution in [2.75, 3.05) is 13.2 Å². The Hall–Kier alpha value is -2.89. The number of halogens is 1. The van der Waals surface area contributed by atoms with Gasteiger partial charge in [-0.05, 0) is 48.9 Å². The molecule has 2 aromatic carbocycles. The summed E-state index contributed by atoms with van der Waals surface area (Å²) >= 11 is 0. The molecule has 1 aliphatic carbocycles. The van der Waals surface area contributed by atoms with E-state index in [1.54, 1.807) is 12.1 Å². The zero-order valence-electron chi connectivity index (χ0n) is 14.9. The first-order valence-corrected chi connectivity index (χ1v) is 9.22. The number of ether oxygens (including phenoxy) is 1. The number of carbonyl (C=O) groups excluding carboxylic acids is 2. The lowest BCUT2D eigenvalue weighted by Gasteiger charge is -2.27. The van der Waals surface area contributed by atoms with E-state index >= 15 is 0 Å². The maximum atomic E-state index is 13.7. The van der Waals surface area contributed by atoms with Crippen LogP contribution in [0.2, 0.25) is 0 Å². The molecule has 27 heavy (non-hydrogen) atoms. The van der Waals surface area contributed by atoms with Crippen LogP contribution in [-0.2, 0) is 16.8 Å². The van der Waals surface area contributed by atoms with Crippen LogP contribution in [0.25, 0.3) is 0 Å². The molecule has 3 amide bonds. The normalized spacial score (nSPS) is 21.7. The minimum atomic E-state index is -0.998. The highest BCUT2D eigenvalue weighted by atomic mass is 19.1. The first-order valence-electron chi connectivity index (χ1n) is 9.22. The Labute approximate surface area is 157 Å². The van der Waals surface area contributed by atoms with Gasteiger partial charge in [0.15, 0.2) is 11.6 Å². The summed E-state index contributed by atoms with van der Waals surface area (Å²) in [6.45, 7) is 0.112. The monoisotopic (exact) mass is 368 g/mol. The van der Waals surface area contributed by atoms with Crippen LogP contribution in [0.1, 0.15) is 30.4 Å². The molecule has 2 aromatic rings. The Kier molecular flexibility index (Phi) is 4.56. The van der Waals surface area contributed by atoms with E-state index < -0.39 is 17.4 Å². The largest absolute Gasteiger partial charge is 0.489 e. The molecule has 1 saturated heterocycles. The summed E-state index contributed by atoms with van der Waals surface area (Å²) in [4.78, 5) is 27.0. The van der Waals surface area contributed by atoms with Gasteiger partial charge >= 0.3 is 6.03 Å². The first kappa shape index (κ1) is 17.5. The van der Waals surface area contributed by atoms with Crippen LogP contribution in [0.3, 0.4) is 0 Å². The summed E-state index contributed by atoms with van der Waals surface area (Å²) in [5, 5.41) is 2.93. The maximum Gasteiger partial charge on any atom is 0.325 e. The van der Waals surface area contributed by atoms with Crippen molar-refractivity contribution in [2.45, 2.75) is 31.2 Å². The van der Waals surface area contributed by atoms with E-state index in [-0.39, 0.29) is 24.8 Å². The highest BCUT2D eigenvalue weighted by Crippen LogP contribution is 2.38. The standard InChI is InChI=1S/C21H21FN2O3/c22-17-10-3-4-11-18(17)27-14-13-24-19(25)21(23-20(24)26)12-6-5-8-15-7-1-2-9-16(15)21/h1-4,7,9-11H,5-6,8,12-14H2,(H,23,26)/t21-/m0/s1. The number of amides is 3. The number of benzene rings is 2. The average Bonchev–Trinajstić information content (AvgIpc) is 2.81. The van der Waals surface area contributed by atoms with Crippen LogP contribution in [0.5, 0.6) is 5.75 Å². The van der Waals surface area contributed by atoms with Gasteiger partial charge in [-0.2, -0.15) is 0 Å². The molecule has 0 bridgehead atoms. The molecule has 1 N–H and O–H groups in total. The Morgan fingerprint density at radius 3 is 2.70 bits per heavy atom. The molecule has 0 unspecified atom stereocenters. The van der Waals surface area contributed by atoms with Gasteiger partial charge in [0, 0.05) is 0 Å². The molecule has 6 heteroatoms. The molecule has 1 fully saturated rings. The Bertz CT molecular complexity index is 885. The minimum absolute atomic E-state index is 0.0395. The summed E-state index contributed by atoms with van der Waals surface area (Å²) in [5.41, 5.74) is 0.994. The summed E-state index contributed by atoms with van der Waals surface area (Å²) in [6.07, 6.45) is 3.33. The van der Waals surface area contributed by atoms with Crippen molar-refractivity contribution in [1.82, 2.24) is 10.2 Å². The van der Waals surface area contributed by atoms with Crippen molar-refractivity contribution in [3.8, 4) is 5.75 Å². The van der Waals surface area contributed by atoms with E-state index in [1.165, 1.54) is 17.0 Å². The van der Waals surface area contributed by atoms with Crippen molar-refractivity contribution in [3.05, 3.63) is 65.5 Å². The van der Waals surface area contributed by atoms with E-state index in [1.807, 2.05) is 24.3 Å². The molecular weight excluding hydrogens is 347 g/mol. The number of urea groups is 1. The number of imide groups is 1. The maximum absolute atomic E-state index is 13.7. The molecule has 1 aliphatic heterocycles. The van der Waals surface area contributed by atoms with Gasteiger partial charge in [-0.25, -0.2) is 9.18 Å². The Balaban J connectivity index is 1.53. The molecule has 0 radical (unpaired) electrons. The smallest absolute Gasteiger partial charge is 0.325 e. The molecule has 5 nitrogen and oxygen atoms in total. The van der Waals surface area contributed by atoms with Crippen molar-refractivity contribution < 1.29 is 18.7 Å².